The smallest absolute Gasteiger partial charge is 0.380 e. The van der Waals surface area contributed by atoms with Crippen molar-refractivity contribution in [3.63, 3.8) is 0 Å². The van der Waals surface area contributed by atoms with Gasteiger partial charge >= 0.3 is 5.97 Å². The summed E-state index contributed by atoms with van der Waals surface area (Å²) in [6, 6.07) is 4.92. The molecule has 1 aromatic carbocycles. The standard InChI is InChI=1S/C13H12O5S/c1-3-18-13(15)11(14)10-7-9-6-4-5-8(2)12(9)19(10,16)17/h4-7H,3H2,1-2H3. The van der Waals surface area contributed by atoms with Gasteiger partial charge in [-0.3, -0.25) is 4.79 Å². The molecule has 0 N–H and O–H groups in total. The van der Waals surface area contributed by atoms with Crippen LogP contribution in [0.25, 0.3) is 6.08 Å². The third-order valence-corrected chi connectivity index (χ3v) is 4.75. The van der Waals surface area contributed by atoms with E-state index in [-0.39, 0.29) is 11.5 Å². The Morgan fingerprint density at radius 1 is 1.26 bits per heavy atom. The fourth-order valence-corrected chi connectivity index (χ4v) is 3.73. The fraction of sp³-hybridized carbons (Fsp3) is 0.231. The van der Waals surface area contributed by atoms with E-state index in [0.717, 1.165) is 0 Å². The van der Waals surface area contributed by atoms with E-state index in [2.05, 4.69) is 4.74 Å². The first-order chi connectivity index (χ1) is 8.89. The summed E-state index contributed by atoms with van der Waals surface area (Å²) in [5, 5.41) is 0. The number of ketones is 1. The molecule has 0 saturated heterocycles. The zero-order valence-corrected chi connectivity index (χ0v) is 11.3. The third-order valence-electron chi connectivity index (χ3n) is 2.77. The van der Waals surface area contributed by atoms with Crippen LogP contribution in [0.4, 0.5) is 0 Å². The van der Waals surface area contributed by atoms with Gasteiger partial charge in [-0.1, -0.05) is 18.2 Å². The molecule has 0 aromatic heterocycles. The average molecular weight is 280 g/mol. The van der Waals surface area contributed by atoms with Crippen molar-refractivity contribution in [2.75, 3.05) is 6.61 Å². The molecule has 0 unspecified atom stereocenters. The molecule has 6 heteroatoms. The summed E-state index contributed by atoms with van der Waals surface area (Å²) in [6.45, 7) is 3.20. The number of Topliss-reactive ketones (excluding diaryl/α,β-unsaturated/α-hetero) is 1. The van der Waals surface area contributed by atoms with Crippen molar-refractivity contribution in [2.45, 2.75) is 18.7 Å². The highest BCUT2D eigenvalue weighted by Crippen LogP contribution is 2.35. The van der Waals surface area contributed by atoms with Gasteiger partial charge in [-0.25, -0.2) is 13.2 Å². The molecule has 0 atom stereocenters. The second kappa shape index (κ2) is 4.62. The van der Waals surface area contributed by atoms with Gasteiger partial charge in [-0.2, -0.15) is 0 Å². The minimum atomic E-state index is -3.93. The number of hydrogen-bond acceptors (Lipinski definition) is 5. The minimum Gasteiger partial charge on any atom is -0.460 e. The number of aryl methyl sites for hydroxylation is 1. The second-order valence-electron chi connectivity index (χ2n) is 4.05. The van der Waals surface area contributed by atoms with Gasteiger partial charge in [-0.15, -0.1) is 0 Å². The van der Waals surface area contributed by atoms with E-state index in [9.17, 15) is 18.0 Å². The van der Waals surface area contributed by atoms with E-state index in [0.29, 0.717) is 11.1 Å². The summed E-state index contributed by atoms with van der Waals surface area (Å²) in [5.41, 5.74) is 0.966. The number of hydrogen-bond donors (Lipinski definition) is 0. The van der Waals surface area contributed by atoms with Crippen LogP contribution in [-0.4, -0.2) is 26.8 Å². The molecule has 0 bridgehead atoms. The molecule has 0 radical (unpaired) electrons. The fourth-order valence-electron chi connectivity index (χ4n) is 1.97. The second-order valence-corrected chi connectivity index (χ2v) is 5.91. The van der Waals surface area contributed by atoms with Gasteiger partial charge in [0.1, 0.15) is 4.91 Å². The molecule has 0 amide bonds. The van der Waals surface area contributed by atoms with Gasteiger partial charge in [0.05, 0.1) is 11.5 Å². The monoisotopic (exact) mass is 280 g/mol. The largest absolute Gasteiger partial charge is 0.460 e. The Labute approximate surface area is 110 Å². The predicted molar refractivity (Wildman–Crippen MR) is 68.0 cm³/mol. The lowest BCUT2D eigenvalue weighted by molar-refractivity contribution is -0.151. The van der Waals surface area contributed by atoms with Crippen molar-refractivity contribution in [3.05, 3.63) is 34.2 Å². The van der Waals surface area contributed by atoms with Crippen LogP contribution < -0.4 is 0 Å². The Kier molecular flexibility index (Phi) is 3.28. The van der Waals surface area contributed by atoms with E-state index in [1.54, 1.807) is 32.0 Å². The molecule has 100 valence electrons. The Morgan fingerprint density at radius 3 is 2.53 bits per heavy atom. The SMILES string of the molecule is CCOC(=O)C(=O)C1=Cc2cccc(C)c2S1(=O)=O. The summed E-state index contributed by atoms with van der Waals surface area (Å²) in [6.07, 6.45) is 1.22. The van der Waals surface area contributed by atoms with Crippen LogP contribution in [0.5, 0.6) is 0 Å². The van der Waals surface area contributed by atoms with Gasteiger partial charge in [0, 0.05) is 0 Å². The zero-order valence-electron chi connectivity index (χ0n) is 10.5. The molecule has 5 nitrogen and oxygen atoms in total. The first-order valence-electron chi connectivity index (χ1n) is 5.67. The van der Waals surface area contributed by atoms with Gasteiger partial charge in [-0.05, 0) is 31.1 Å². The number of benzene rings is 1. The highest BCUT2D eigenvalue weighted by atomic mass is 32.2. The Hall–Kier alpha value is -1.95. The summed E-state index contributed by atoms with van der Waals surface area (Å²) in [5.74, 6) is -2.28. The summed E-state index contributed by atoms with van der Waals surface area (Å²) in [4.78, 5) is 22.8. The Balaban J connectivity index is 2.51. The maximum absolute atomic E-state index is 12.3. The van der Waals surface area contributed by atoms with E-state index in [4.69, 9.17) is 0 Å². The van der Waals surface area contributed by atoms with E-state index < -0.39 is 26.5 Å². The normalized spacial score (nSPS) is 15.6. The van der Waals surface area contributed by atoms with Crippen molar-refractivity contribution in [2.24, 2.45) is 0 Å². The molecule has 19 heavy (non-hydrogen) atoms. The number of fused-ring (bicyclic) bond motifs is 1. The van der Waals surface area contributed by atoms with Crippen LogP contribution in [-0.2, 0) is 24.2 Å². The quantitative estimate of drug-likeness (QED) is 0.615. The van der Waals surface area contributed by atoms with Crippen LogP contribution in [0.2, 0.25) is 0 Å². The maximum atomic E-state index is 12.3. The average Bonchev–Trinajstić information content (AvgIpc) is 2.61. The van der Waals surface area contributed by atoms with Crippen molar-refractivity contribution < 1.29 is 22.7 Å². The number of carbonyl (C=O) groups excluding carboxylic acids is 2. The molecule has 0 spiro atoms. The van der Waals surface area contributed by atoms with Crippen molar-refractivity contribution in [1.29, 1.82) is 0 Å². The molecule has 1 heterocycles. The van der Waals surface area contributed by atoms with Crippen LogP contribution in [0, 0.1) is 6.92 Å². The van der Waals surface area contributed by atoms with E-state index in [1.165, 1.54) is 6.08 Å². The highest BCUT2D eigenvalue weighted by molar-refractivity contribution is 7.97. The topological polar surface area (TPSA) is 77.5 Å². The van der Waals surface area contributed by atoms with Crippen LogP contribution in [0.15, 0.2) is 28.0 Å². The molecule has 0 fully saturated rings. The molecular formula is C13H12O5S. The van der Waals surface area contributed by atoms with Crippen molar-refractivity contribution >= 4 is 27.7 Å². The maximum Gasteiger partial charge on any atom is 0.380 e. The summed E-state index contributed by atoms with van der Waals surface area (Å²) >= 11 is 0. The van der Waals surface area contributed by atoms with Gasteiger partial charge in [0.25, 0.3) is 5.78 Å². The lowest BCUT2D eigenvalue weighted by Crippen LogP contribution is -2.22. The molecule has 0 aliphatic carbocycles. The summed E-state index contributed by atoms with van der Waals surface area (Å²) < 4.78 is 29.1. The van der Waals surface area contributed by atoms with Gasteiger partial charge in [0.2, 0.25) is 9.84 Å². The van der Waals surface area contributed by atoms with Crippen molar-refractivity contribution in [1.82, 2.24) is 0 Å². The zero-order chi connectivity index (χ0) is 14.2. The van der Waals surface area contributed by atoms with Crippen LogP contribution >= 0.6 is 0 Å². The Bertz CT molecular complexity index is 698. The van der Waals surface area contributed by atoms with E-state index >= 15 is 0 Å². The molecular weight excluding hydrogens is 268 g/mol. The summed E-state index contributed by atoms with van der Waals surface area (Å²) in [7, 11) is -3.93. The van der Waals surface area contributed by atoms with E-state index in [1.807, 2.05) is 0 Å². The third kappa shape index (κ3) is 2.08. The molecule has 1 aromatic rings. The van der Waals surface area contributed by atoms with Gasteiger partial charge < -0.3 is 4.74 Å². The Morgan fingerprint density at radius 2 is 1.95 bits per heavy atom. The predicted octanol–water partition coefficient (Wildman–Crippen LogP) is 1.26. The first-order valence-corrected chi connectivity index (χ1v) is 7.15. The molecule has 0 saturated carbocycles. The molecule has 1 aliphatic rings. The number of esters is 1. The number of sulfone groups is 1. The number of rotatable bonds is 3. The highest BCUT2D eigenvalue weighted by Gasteiger charge is 2.38. The van der Waals surface area contributed by atoms with Crippen LogP contribution in [0.3, 0.4) is 0 Å². The number of ether oxygens (including phenoxy) is 1. The minimum absolute atomic E-state index is 0.0177. The number of carbonyl (C=O) groups is 2. The first kappa shape index (κ1) is 13.5. The lowest BCUT2D eigenvalue weighted by Gasteiger charge is -2.05. The molecule has 2 rings (SSSR count). The van der Waals surface area contributed by atoms with Gasteiger partial charge in [0.15, 0.2) is 0 Å². The molecule has 1 aliphatic heterocycles. The lowest BCUT2D eigenvalue weighted by atomic mass is 10.1. The van der Waals surface area contributed by atoms with Crippen molar-refractivity contribution in [3.8, 4) is 0 Å². The van der Waals surface area contributed by atoms with Crippen LogP contribution in [0.1, 0.15) is 18.1 Å².